The average Bonchev–Trinajstić information content (AvgIpc) is 3.31. The molecule has 0 amide bonds. The van der Waals surface area contributed by atoms with Crippen LogP contribution in [0.4, 0.5) is 11.6 Å². The number of benzene rings is 1. The Morgan fingerprint density at radius 3 is 2.76 bits per heavy atom. The summed E-state index contributed by atoms with van der Waals surface area (Å²) in [5, 5.41) is 19.3. The molecule has 34 heavy (non-hydrogen) atoms. The van der Waals surface area contributed by atoms with Crippen LogP contribution in [0.15, 0.2) is 66.2 Å². The first-order chi connectivity index (χ1) is 16.3. The minimum atomic E-state index is -1.14. The first kappa shape index (κ1) is 21.5. The van der Waals surface area contributed by atoms with Crippen LogP contribution in [0.2, 0.25) is 0 Å². The molecule has 10 heteroatoms. The predicted octanol–water partition coefficient (Wildman–Crippen LogP) is 3.02. The summed E-state index contributed by atoms with van der Waals surface area (Å²) in [5.74, 6) is 0.784. The minimum absolute atomic E-state index is 0.254. The Hall–Kier alpha value is -4.31. The number of rotatable bonds is 6. The van der Waals surface area contributed by atoms with Gasteiger partial charge in [0.1, 0.15) is 11.0 Å². The lowest BCUT2D eigenvalue weighted by Gasteiger charge is -2.18. The molecule has 0 saturated heterocycles. The maximum absolute atomic E-state index is 13.1. The third kappa shape index (κ3) is 3.63. The Morgan fingerprint density at radius 1 is 1.18 bits per heavy atom. The van der Waals surface area contributed by atoms with Gasteiger partial charge in [0.25, 0.3) is 5.56 Å². The Balaban J connectivity index is 1.66. The molecule has 10 nitrogen and oxygen atoms in total. The van der Waals surface area contributed by atoms with E-state index in [1.54, 1.807) is 53.7 Å². The molecule has 4 heterocycles. The molecule has 1 aromatic carbocycles. The Morgan fingerprint density at radius 2 is 2.00 bits per heavy atom. The van der Waals surface area contributed by atoms with Gasteiger partial charge in [0.15, 0.2) is 11.5 Å². The zero-order valence-corrected chi connectivity index (χ0v) is 19.1. The fraction of sp³-hybridized carbons (Fsp3) is 0.208. The molecule has 5 rings (SSSR count). The summed E-state index contributed by atoms with van der Waals surface area (Å²) in [5.41, 5.74) is 1.22. The van der Waals surface area contributed by atoms with Gasteiger partial charge in [-0.1, -0.05) is 12.1 Å². The maximum atomic E-state index is 13.1. The second-order valence-corrected chi connectivity index (χ2v) is 8.53. The molecule has 0 atom stereocenters. The molecule has 2 N–H and O–H groups in total. The first-order valence-electron chi connectivity index (χ1n) is 10.7. The molecule has 0 bridgehead atoms. The summed E-state index contributed by atoms with van der Waals surface area (Å²) in [6.07, 6.45) is 4.94. The molecule has 0 spiro atoms. The van der Waals surface area contributed by atoms with E-state index in [1.807, 2.05) is 25.2 Å². The monoisotopic (exact) mass is 456 g/mol. The summed E-state index contributed by atoms with van der Waals surface area (Å²) in [4.78, 5) is 26.7. The van der Waals surface area contributed by atoms with Crippen LogP contribution in [-0.2, 0) is 19.2 Å². The van der Waals surface area contributed by atoms with Gasteiger partial charge in [-0.25, -0.2) is 19.3 Å². The van der Waals surface area contributed by atoms with E-state index in [2.05, 4.69) is 31.9 Å². The largest absolute Gasteiger partial charge is 0.384 e. The summed E-state index contributed by atoms with van der Waals surface area (Å²) in [6.45, 7) is 7.34. The summed E-state index contributed by atoms with van der Waals surface area (Å²) >= 11 is 0. The Bertz CT molecular complexity index is 1600. The lowest BCUT2D eigenvalue weighted by Crippen LogP contribution is -2.23. The van der Waals surface area contributed by atoms with Crippen molar-refractivity contribution in [3.05, 3.63) is 77.5 Å². The van der Waals surface area contributed by atoms with Crippen LogP contribution in [-0.4, -0.2) is 39.2 Å². The quantitative estimate of drug-likeness (QED) is 0.377. The van der Waals surface area contributed by atoms with Crippen LogP contribution < -0.4 is 10.9 Å². The number of hydrogen-bond donors (Lipinski definition) is 2. The lowest BCUT2D eigenvalue weighted by molar-refractivity contribution is 0.0738. The van der Waals surface area contributed by atoms with Gasteiger partial charge in [0, 0.05) is 24.3 Å². The smallest absolute Gasteiger partial charge is 0.278 e. The summed E-state index contributed by atoms with van der Waals surface area (Å²) in [6, 6.07) is 11.1. The van der Waals surface area contributed by atoms with Gasteiger partial charge < -0.3 is 10.4 Å². The van der Waals surface area contributed by atoms with Crippen LogP contribution in [0, 0.1) is 0 Å². The van der Waals surface area contributed by atoms with E-state index in [0.29, 0.717) is 28.5 Å². The molecule has 0 saturated carbocycles. The zero-order valence-electron chi connectivity index (χ0n) is 19.1. The SMILES string of the molecule is C=CCn1c(=O)c2cnc(Nc3ccc4cnn(C)c4c3)nc2n1-c1cccc(C(C)(C)O)n1. The molecular weight excluding hydrogens is 432 g/mol. The third-order valence-electron chi connectivity index (χ3n) is 5.56. The van der Waals surface area contributed by atoms with Gasteiger partial charge in [0.05, 0.1) is 24.0 Å². The molecule has 4 aromatic heterocycles. The molecular formula is C24H24N8O2. The van der Waals surface area contributed by atoms with Crippen molar-refractivity contribution in [1.29, 1.82) is 0 Å². The lowest BCUT2D eigenvalue weighted by atomic mass is 10.1. The highest BCUT2D eigenvalue weighted by Crippen LogP contribution is 2.23. The van der Waals surface area contributed by atoms with Crippen molar-refractivity contribution in [1.82, 2.24) is 34.1 Å². The standard InChI is InChI=1S/C24H24N8O2/c1-5-11-31-22(33)17-14-25-23(27-16-10-9-15-13-26-30(4)18(15)12-16)29-21(17)32(31)20-8-6-7-19(28-20)24(2,3)34/h5-10,12-14,34H,1,11H2,2-4H3,(H,25,27,29). The molecule has 0 radical (unpaired) electrons. The van der Waals surface area contributed by atoms with Gasteiger partial charge in [0.2, 0.25) is 5.95 Å². The van der Waals surface area contributed by atoms with Crippen LogP contribution in [0.1, 0.15) is 19.5 Å². The summed E-state index contributed by atoms with van der Waals surface area (Å²) in [7, 11) is 1.88. The maximum Gasteiger partial charge on any atom is 0.278 e. The molecule has 172 valence electrons. The van der Waals surface area contributed by atoms with E-state index < -0.39 is 5.60 Å². The van der Waals surface area contributed by atoms with E-state index in [1.165, 1.54) is 10.9 Å². The Labute approximate surface area is 194 Å². The van der Waals surface area contributed by atoms with Crippen molar-refractivity contribution in [3.8, 4) is 5.82 Å². The van der Waals surface area contributed by atoms with Crippen molar-refractivity contribution >= 4 is 33.6 Å². The van der Waals surface area contributed by atoms with Crippen molar-refractivity contribution in [3.63, 3.8) is 0 Å². The molecule has 0 aliphatic carbocycles. The van der Waals surface area contributed by atoms with Gasteiger partial charge in [-0.2, -0.15) is 10.1 Å². The van der Waals surface area contributed by atoms with Gasteiger partial charge in [-0.05, 0) is 44.2 Å². The second kappa shape index (κ2) is 7.92. The number of allylic oxidation sites excluding steroid dienone is 1. The highest BCUT2D eigenvalue weighted by Gasteiger charge is 2.21. The van der Waals surface area contributed by atoms with E-state index in [0.717, 1.165) is 16.6 Å². The Kier molecular flexibility index (Phi) is 5.02. The van der Waals surface area contributed by atoms with E-state index in [-0.39, 0.29) is 12.1 Å². The van der Waals surface area contributed by atoms with Gasteiger partial charge in [-0.3, -0.25) is 9.48 Å². The van der Waals surface area contributed by atoms with Crippen LogP contribution in [0.25, 0.3) is 27.8 Å². The van der Waals surface area contributed by atoms with Gasteiger partial charge >= 0.3 is 0 Å². The average molecular weight is 457 g/mol. The van der Waals surface area contributed by atoms with Crippen LogP contribution in [0.5, 0.6) is 0 Å². The number of aliphatic hydroxyl groups is 1. The van der Waals surface area contributed by atoms with E-state index in [4.69, 9.17) is 0 Å². The number of anilines is 2. The molecule has 0 aliphatic rings. The number of aromatic nitrogens is 7. The van der Waals surface area contributed by atoms with Crippen molar-refractivity contribution < 1.29 is 5.11 Å². The van der Waals surface area contributed by atoms with E-state index >= 15 is 0 Å². The van der Waals surface area contributed by atoms with Crippen molar-refractivity contribution in [2.75, 3.05) is 5.32 Å². The highest BCUT2D eigenvalue weighted by atomic mass is 16.3. The molecule has 0 unspecified atom stereocenters. The number of nitrogens with zero attached hydrogens (tertiary/aromatic N) is 7. The van der Waals surface area contributed by atoms with Crippen LogP contribution in [0.3, 0.4) is 0 Å². The highest BCUT2D eigenvalue weighted by molar-refractivity contribution is 5.83. The van der Waals surface area contributed by atoms with Gasteiger partial charge in [-0.15, -0.1) is 6.58 Å². The topological polar surface area (TPSA) is 116 Å². The number of hydrogen-bond acceptors (Lipinski definition) is 7. The minimum Gasteiger partial charge on any atom is -0.384 e. The number of fused-ring (bicyclic) bond motifs is 2. The zero-order chi connectivity index (χ0) is 24.0. The number of aryl methyl sites for hydroxylation is 1. The van der Waals surface area contributed by atoms with E-state index in [9.17, 15) is 9.90 Å². The predicted molar refractivity (Wildman–Crippen MR) is 130 cm³/mol. The number of nitrogens with one attached hydrogen (secondary N) is 1. The summed E-state index contributed by atoms with van der Waals surface area (Å²) < 4.78 is 4.92. The molecule has 0 aliphatic heterocycles. The third-order valence-corrected chi connectivity index (χ3v) is 5.56. The molecule has 0 fully saturated rings. The number of pyridine rings is 1. The normalized spacial score (nSPS) is 11.9. The molecule has 5 aromatic rings. The fourth-order valence-electron chi connectivity index (χ4n) is 3.84. The second-order valence-electron chi connectivity index (χ2n) is 8.53. The van der Waals surface area contributed by atoms with Crippen molar-refractivity contribution in [2.24, 2.45) is 7.05 Å². The van der Waals surface area contributed by atoms with Crippen LogP contribution >= 0.6 is 0 Å². The first-order valence-corrected chi connectivity index (χ1v) is 10.7. The van der Waals surface area contributed by atoms with Crippen molar-refractivity contribution in [2.45, 2.75) is 26.0 Å². The fourth-order valence-corrected chi connectivity index (χ4v) is 3.84.